The van der Waals surface area contributed by atoms with Crippen LogP contribution in [0.3, 0.4) is 0 Å². The summed E-state index contributed by atoms with van der Waals surface area (Å²) < 4.78 is 13.6. The number of esters is 3. The monoisotopic (exact) mass is 268 g/mol. The molecule has 0 aromatic heterocycles. The quantitative estimate of drug-likeness (QED) is 0.348. The van der Waals surface area contributed by atoms with Crippen LogP contribution in [-0.2, 0) is 33.4 Å². The number of carbonyl (C=O) groups is 4. The molecule has 2 saturated heterocycles. The van der Waals surface area contributed by atoms with Crippen molar-refractivity contribution in [3.63, 3.8) is 0 Å². The van der Waals surface area contributed by atoms with Crippen molar-refractivity contribution in [3.8, 4) is 0 Å². The number of ether oxygens (including phenoxy) is 3. The van der Waals surface area contributed by atoms with E-state index in [9.17, 15) is 19.2 Å². The van der Waals surface area contributed by atoms with E-state index in [0.717, 1.165) is 0 Å². The van der Waals surface area contributed by atoms with Crippen molar-refractivity contribution in [2.24, 2.45) is 0 Å². The molecule has 0 aliphatic carbocycles. The summed E-state index contributed by atoms with van der Waals surface area (Å²) in [7, 11) is 0. The van der Waals surface area contributed by atoms with Crippen LogP contribution in [0.5, 0.6) is 0 Å². The Morgan fingerprint density at radius 1 is 0.895 bits per heavy atom. The van der Waals surface area contributed by atoms with Gasteiger partial charge in [-0.05, 0) is 0 Å². The first kappa shape index (κ1) is 14.6. The van der Waals surface area contributed by atoms with Crippen LogP contribution in [0.1, 0.15) is 13.8 Å². The summed E-state index contributed by atoms with van der Waals surface area (Å²) >= 11 is 0. The highest BCUT2D eigenvalue weighted by molar-refractivity contribution is 6.21. The lowest BCUT2D eigenvalue weighted by atomic mass is 10.2. The summed E-state index contributed by atoms with van der Waals surface area (Å²) in [6.45, 7) is 9.22. The third-order valence-electron chi connectivity index (χ3n) is 2.09. The zero-order chi connectivity index (χ0) is 14.8. The molecule has 0 aromatic carbocycles. The molecule has 2 heterocycles. The van der Waals surface area contributed by atoms with E-state index in [0.29, 0.717) is 0 Å². The van der Waals surface area contributed by atoms with Crippen LogP contribution in [0.15, 0.2) is 24.3 Å². The molecule has 7 nitrogen and oxygen atoms in total. The Morgan fingerprint density at radius 3 is 1.63 bits per heavy atom. The van der Waals surface area contributed by atoms with Gasteiger partial charge in [-0.3, -0.25) is 4.79 Å². The SMILES string of the molecule is C=C1C(=O)COC1=O.C=C1C(=O)OC(C)(C)OC1=O. The fourth-order valence-electron chi connectivity index (χ4n) is 1.09. The van der Waals surface area contributed by atoms with E-state index in [1.807, 2.05) is 0 Å². The summed E-state index contributed by atoms with van der Waals surface area (Å²) in [6, 6.07) is 0. The van der Waals surface area contributed by atoms with Gasteiger partial charge in [0, 0.05) is 13.8 Å². The standard InChI is InChI=1S/C7H8O4.C5H4O3/c1-4-5(8)10-7(2,3)11-6(4)9;1-3-4(6)2-8-5(3)7/h1H2,2-3H3;1-2H2. The van der Waals surface area contributed by atoms with Gasteiger partial charge >= 0.3 is 17.9 Å². The molecule has 0 unspecified atom stereocenters. The maximum absolute atomic E-state index is 10.8. The van der Waals surface area contributed by atoms with Crippen molar-refractivity contribution in [2.75, 3.05) is 6.61 Å². The van der Waals surface area contributed by atoms with E-state index >= 15 is 0 Å². The molecule has 19 heavy (non-hydrogen) atoms. The first-order chi connectivity index (χ1) is 8.64. The lowest BCUT2D eigenvalue weighted by molar-refractivity contribution is -0.222. The minimum atomic E-state index is -1.16. The molecule has 2 rings (SSSR count). The molecule has 7 heteroatoms. The molecular weight excluding hydrogens is 256 g/mol. The van der Waals surface area contributed by atoms with Crippen LogP contribution in [-0.4, -0.2) is 36.1 Å². The summed E-state index contributed by atoms with van der Waals surface area (Å²) in [5.41, 5.74) is -0.297. The van der Waals surface area contributed by atoms with Crippen LogP contribution in [0, 0.1) is 0 Å². The summed E-state index contributed by atoms with van der Waals surface area (Å²) in [6.07, 6.45) is 0. The Morgan fingerprint density at radius 2 is 1.37 bits per heavy atom. The highest BCUT2D eigenvalue weighted by Crippen LogP contribution is 2.20. The van der Waals surface area contributed by atoms with Crippen LogP contribution in [0.2, 0.25) is 0 Å². The zero-order valence-corrected chi connectivity index (χ0v) is 10.5. The first-order valence-corrected chi connectivity index (χ1v) is 5.19. The van der Waals surface area contributed by atoms with Gasteiger partial charge in [-0.1, -0.05) is 13.2 Å². The van der Waals surface area contributed by atoms with Crippen molar-refractivity contribution >= 4 is 23.7 Å². The first-order valence-electron chi connectivity index (χ1n) is 5.19. The maximum Gasteiger partial charge on any atom is 0.348 e. The van der Waals surface area contributed by atoms with Gasteiger partial charge in [-0.25, -0.2) is 14.4 Å². The summed E-state index contributed by atoms with van der Waals surface area (Å²) in [5.74, 6) is -3.49. The Kier molecular flexibility index (Phi) is 3.89. The predicted octanol–water partition coefficient (Wildman–Crippen LogP) is 0.0472. The summed E-state index contributed by atoms with van der Waals surface area (Å²) in [5, 5.41) is 0. The average molecular weight is 268 g/mol. The normalized spacial score (nSPS) is 21.2. The average Bonchev–Trinajstić information content (AvgIpc) is 2.57. The van der Waals surface area contributed by atoms with E-state index in [2.05, 4.69) is 27.4 Å². The predicted molar refractivity (Wildman–Crippen MR) is 60.5 cm³/mol. The fraction of sp³-hybridized carbons (Fsp3) is 0.333. The Hall–Kier alpha value is -2.44. The van der Waals surface area contributed by atoms with E-state index in [4.69, 9.17) is 0 Å². The topological polar surface area (TPSA) is 96.0 Å². The van der Waals surface area contributed by atoms with Crippen molar-refractivity contribution in [1.82, 2.24) is 0 Å². The minimum Gasteiger partial charge on any atom is -0.454 e. The molecule has 0 saturated carbocycles. The van der Waals surface area contributed by atoms with Crippen LogP contribution < -0.4 is 0 Å². The number of ketones is 1. The van der Waals surface area contributed by atoms with Gasteiger partial charge in [0.05, 0.1) is 5.57 Å². The zero-order valence-electron chi connectivity index (χ0n) is 10.5. The highest BCUT2D eigenvalue weighted by Gasteiger charge is 2.37. The lowest BCUT2D eigenvalue weighted by Gasteiger charge is -2.29. The number of cyclic esters (lactones) is 3. The molecule has 0 radical (unpaired) electrons. The Labute approximate surface area is 108 Å². The van der Waals surface area contributed by atoms with Gasteiger partial charge in [0.2, 0.25) is 5.78 Å². The van der Waals surface area contributed by atoms with Crippen LogP contribution in [0.4, 0.5) is 0 Å². The molecular formula is C12H12O7. The van der Waals surface area contributed by atoms with Crippen LogP contribution >= 0.6 is 0 Å². The second-order valence-electron chi connectivity index (χ2n) is 4.14. The summed E-state index contributed by atoms with van der Waals surface area (Å²) in [4.78, 5) is 42.2. The molecule has 0 N–H and O–H groups in total. The van der Waals surface area contributed by atoms with Gasteiger partial charge in [0.1, 0.15) is 5.57 Å². The van der Waals surface area contributed by atoms with Gasteiger partial charge in [-0.2, -0.15) is 0 Å². The third kappa shape index (κ3) is 3.51. The van der Waals surface area contributed by atoms with E-state index in [1.165, 1.54) is 13.8 Å². The van der Waals surface area contributed by atoms with E-state index < -0.39 is 23.7 Å². The van der Waals surface area contributed by atoms with Crippen molar-refractivity contribution in [2.45, 2.75) is 19.6 Å². The lowest BCUT2D eigenvalue weighted by Crippen LogP contribution is -2.41. The molecule has 0 aromatic rings. The highest BCUT2D eigenvalue weighted by atomic mass is 16.7. The number of Topliss-reactive ketones (excluding diaryl/α,β-unsaturated/α-hetero) is 1. The Bertz CT molecular complexity index is 458. The van der Waals surface area contributed by atoms with Crippen LogP contribution in [0.25, 0.3) is 0 Å². The second kappa shape index (κ2) is 5.05. The van der Waals surface area contributed by atoms with Crippen molar-refractivity contribution < 1.29 is 33.4 Å². The number of hydrogen-bond donors (Lipinski definition) is 0. The largest absolute Gasteiger partial charge is 0.454 e. The molecule has 0 spiro atoms. The number of hydrogen-bond acceptors (Lipinski definition) is 7. The number of rotatable bonds is 0. The van der Waals surface area contributed by atoms with E-state index in [-0.39, 0.29) is 23.5 Å². The molecule has 2 fully saturated rings. The smallest absolute Gasteiger partial charge is 0.348 e. The van der Waals surface area contributed by atoms with Gasteiger partial charge < -0.3 is 14.2 Å². The van der Waals surface area contributed by atoms with Crippen molar-refractivity contribution in [3.05, 3.63) is 24.3 Å². The van der Waals surface area contributed by atoms with E-state index in [1.54, 1.807) is 0 Å². The molecule has 0 atom stereocenters. The fourth-order valence-corrected chi connectivity index (χ4v) is 1.09. The second-order valence-corrected chi connectivity index (χ2v) is 4.14. The molecule has 2 aliphatic heterocycles. The molecule has 2 aliphatic rings. The minimum absolute atomic E-state index is 0.0370. The molecule has 0 bridgehead atoms. The Balaban J connectivity index is 0.000000200. The van der Waals surface area contributed by atoms with Gasteiger partial charge in [0.15, 0.2) is 6.61 Å². The van der Waals surface area contributed by atoms with Gasteiger partial charge in [0.25, 0.3) is 5.79 Å². The molecule has 0 amide bonds. The van der Waals surface area contributed by atoms with Gasteiger partial charge in [-0.15, -0.1) is 0 Å². The maximum atomic E-state index is 10.8. The number of carbonyl (C=O) groups excluding carboxylic acids is 4. The molecule has 102 valence electrons. The van der Waals surface area contributed by atoms with Crippen molar-refractivity contribution in [1.29, 1.82) is 0 Å². The third-order valence-corrected chi connectivity index (χ3v) is 2.09.